The Morgan fingerprint density at radius 3 is 2.87 bits per heavy atom. The van der Waals surface area contributed by atoms with Crippen LogP contribution < -0.4 is 5.32 Å². The predicted molar refractivity (Wildman–Crippen MR) is 85.0 cm³/mol. The number of benzene rings is 1. The minimum atomic E-state index is -0.620. The highest BCUT2D eigenvalue weighted by Crippen LogP contribution is 2.34. The van der Waals surface area contributed by atoms with Gasteiger partial charge < -0.3 is 19.7 Å². The maximum Gasteiger partial charge on any atom is 0.321 e. The Morgan fingerprint density at radius 1 is 1.43 bits per heavy atom. The summed E-state index contributed by atoms with van der Waals surface area (Å²) < 4.78 is 24.9. The lowest BCUT2D eigenvalue weighted by Crippen LogP contribution is -2.49. The van der Waals surface area contributed by atoms with Gasteiger partial charge in [0.25, 0.3) is 0 Å². The Bertz CT molecular complexity index is 593. The zero-order chi connectivity index (χ0) is 16.4. The van der Waals surface area contributed by atoms with E-state index in [1.54, 1.807) is 11.0 Å². The fourth-order valence-electron chi connectivity index (χ4n) is 3.13. The highest BCUT2D eigenvalue weighted by atomic mass is 35.5. The number of hydrogen-bond donors (Lipinski definition) is 1. The minimum absolute atomic E-state index is 0.0319. The summed E-state index contributed by atoms with van der Waals surface area (Å²) in [5.74, 6) is -1.04. The second-order valence-electron chi connectivity index (χ2n) is 6.06. The maximum absolute atomic E-state index is 13.5. The van der Waals surface area contributed by atoms with Gasteiger partial charge in [-0.25, -0.2) is 9.18 Å². The number of nitrogens with zero attached hydrogens (tertiary/aromatic N) is 1. The lowest BCUT2D eigenvalue weighted by atomic mass is 9.90. The molecule has 0 aliphatic carbocycles. The second kappa shape index (κ2) is 6.63. The molecule has 0 spiro atoms. The first-order valence-corrected chi connectivity index (χ1v) is 8.14. The van der Waals surface area contributed by atoms with Crippen molar-refractivity contribution in [1.29, 1.82) is 0 Å². The van der Waals surface area contributed by atoms with E-state index in [-0.39, 0.29) is 17.0 Å². The van der Waals surface area contributed by atoms with Gasteiger partial charge in [0.1, 0.15) is 5.82 Å². The zero-order valence-electron chi connectivity index (χ0n) is 13.0. The third kappa shape index (κ3) is 3.59. The third-order valence-electron chi connectivity index (χ3n) is 4.48. The molecule has 0 radical (unpaired) electrons. The molecule has 5 nitrogen and oxygen atoms in total. The van der Waals surface area contributed by atoms with Crippen LogP contribution in [0.4, 0.5) is 14.9 Å². The molecule has 0 unspecified atom stereocenters. The van der Waals surface area contributed by atoms with Crippen molar-refractivity contribution >= 4 is 23.3 Å². The quantitative estimate of drug-likeness (QED) is 0.895. The number of piperidine rings is 1. The normalized spacial score (nSPS) is 23.8. The number of ether oxygens (including phenoxy) is 2. The molecule has 2 amide bonds. The summed E-state index contributed by atoms with van der Waals surface area (Å²) in [6, 6.07) is 3.96. The van der Waals surface area contributed by atoms with Crippen LogP contribution in [0.25, 0.3) is 0 Å². The fraction of sp³-hybridized carbons (Fsp3) is 0.562. The van der Waals surface area contributed by atoms with Crippen LogP contribution in [0.15, 0.2) is 18.2 Å². The van der Waals surface area contributed by atoms with Gasteiger partial charge in [0, 0.05) is 24.7 Å². The van der Waals surface area contributed by atoms with Gasteiger partial charge in [-0.1, -0.05) is 11.6 Å². The van der Waals surface area contributed by atoms with Crippen LogP contribution in [0.5, 0.6) is 0 Å². The van der Waals surface area contributed by atoms with Crippen LogP contribution in [0.1, 0.15) is 19.8 Å². The first-order chi connectivity index (χ1) is 11.0. The van der Waals surface area contributed by atoms with Gasteiger partial charge in [-0.3, -0.25) is 0 Å². The molecule has 0 bridgehead atoms. The molecule has 126 valence electrons. The maximum atomic E-state index is 13.5. The molecular formula is C16H20ClFN2O3. The molecule has 1 aromatic carbocycles. The van der Waals surface area contributed by atoms with Gasteiger partial charge in [-0.05, 0) is 38.0 Å². The Balaban J connectivity index is 1.63. The summed E-state index contributed by atoms with van der Waals surface area (Å²) in [4.78, 5) is 14.1. The molecule has 2 fully saturated rings. The average Bonchev–Trinajstić information content (AvgIpc) is 2.99. The van der Waals surface area contributed by atoms with Crippen molar-refractivity contribution in [3.63, 3.8) is 0 Å². The van der Waals surface area contributed by atoms with Crippen LogP contribution in [-0.4, -0.2) is 43.0 Å². The van der Waals surface area contributed by atoms with Gasteiger partial charge >= 0.3 is 6.03 Å². The van der Waals surface area contributed by atoms with E-state index in [9.17, 15) is 9.18 Å². The standard InChI is InChI=1S/C16H20ClFN2O3/c1-16(22-7-8-23-16)11-3-2-6-20(10-11)15(21)19-12-4-5-13(17)14(18)9-12/h4-5,9,11H,2-3,6-8,10H2,1H3,(H,19,21)/t11-/m1/s1. The largest absolute Gasteiger partial charge is 0.347 e. The van der Waals surface area contributed by atoms with Crippen molar-refractivity contribution in [1.82, 2.24) is 4.90 Å². The van der Waals surface area contributed by atoms with Gasteiger partial charge in [-0.2, -0.15) is 0 Å². The summed E-state index contributed by atoms with van der Waals surface area (Å²) in [6.45, 7) is 4.32. The van der Waals surface area contributed by atoms with Crippen LogP contribution in [0.3, 0.4) is 0 Å². The van der Waals surface area contributed by atoms with Crippen molar-refractivity contribution in [2.24, 2.45) is 5.92 Å². The fourth-order valence-corrected chi connectivity index (χ4v) is 3.25. The highest BCUT2D eigenvalue weighted by Gasteiger charge is 2.42. The summed E-state index contributed by atoms with van der Waals surface area (Å²) in [5.41, 5.74) is 0.388. The molecule has 2 aliphatic heterocycles. The third-order valence-corrected chi connectivity index (χ3v) is 4.79. The van der Waals surface area contributed by atoms with E-state index < -0.39 is 11.6 Å². The Hall–Kier alpha value is -1.37. The van der Waals surface area contributed by atoms with Crippen LogP contribution >= 0.6 is 11.6 Å². The zero-order valence-corrected chi connectivity index (χ0v) is 13.7. The predicted octanol–water partition coefficient (Wildman–Crippen LogP) is 3.49. The minimum Gasteiger partial charge on any atom is -0.347 e. The average molecular weight is 343 g/mol. The molecule has 0 saturated carbocycles. The van der Waals surface area contributed by atoms with Crippen molar-refractivity contribution in [2.45, 2.75) is 25.6 Å². The first kappa shape index (κ1) is 16.5. The van der Waals surface area contributed by atoms with Gasteiger partial charge in [0.2, 0.25) is 0 Å². The van der Waals surface area contributed by atoms with Crippen LogP contribution in [0.2, 0.25) is 5.02 Å². The summed E-state index contributed by atoms with van der Waals surface area (Å²) in [7, 11) is 0. The van der Waals surface area contributed by atoms with E-state index in [1.165, 1.54) is 12.1 Å². The SMILES string of the molecule is CC1([C@@H]2CCCN(C(=O)Nc3ccc(Cl)c(F)c3)C2)OCCO1. The number of carbonyl (C=O) groups is 1. The molecule has 1 atom stereocenters. The first-order valence-electron chi connectivity index (χ1n) is 7.77. The number of carbonyl (C=O) groups excluding carboxylic acids is 1. The van der Waals surface area contributed by atoms with E-state index in [0.29, 0.717) is 32.0 Å². The van der Waals surface area contributed by atoms with Crippen molar-refractivity contribution < 1.29 is 18.7 Å². The number of nitrogens with one attached hydrogen (secondary N) is 1. The molecule has 2 heterocycles. The van der Waals surface area contributed by atoms with Gasteiger partial charge in [-0.15, -0.1) is 0 Å². The van der Waals surface area contributed by atoms with Crippen molar-refractivity contribution in [3.05, 3.63) is 29.0 Å². The molecule has 1 aromatic rings. The number of likely N-dealkylation sites (tertiary alicyclic amines) is 1. The monoisotopic (exact) mass is 342 g/mol. The molecule has 2 aliphatic rings. The number of urea groups is 1. The molecule has 1 N–H and O–H groups in total. The van der Waals surface area contributed by atoms with Gasteiger partial charge in [0.05, 0.1) is 18.2 Å². The van der Waals surface area contributed by atoms with E-state index >= 15 is 0 Å². The van der Waals surface area contributed by atoms with Crippen molar-refractivity contribution in [3.8, 4) is 0 Å². The van der Waals surface area contributed by atoms with Crippen molar-refractivity contribution in [2.75, 3.05) is 31.6 Å². The molecule has 0 aromatic heterocycles. The molecule has 23 heavy (non-hydrogen) atoms. The van der Waals surface area contributed by atoms with E-state index in [1.807, 2.05) is 6.92 Å². The lowest BCUT2D eigenvalue weighted by Gasteiger charge is -2.39. The molecule has 3 rings (SSSR count). The topological polar surface area (TPSA) is 50.8 Å². The second-order valence-corrected chi connectivity index (χ2v) is 6.46. The van der Waals surface area contributed by atoms with Crippen LogP contribution in [0, 0.1) is 11.7 Å². The number of amides is 2. The summed E-state index contributed by atoms with van der Waals surface area (Å²) in [5, 5.41) is 2.74. The number of rotatable bonds is 2. The highest BCUT2D eigenvalue weighted by molar-refractivity contribution is 6.30. The number of hydrogen-bond acceptors (Lipinski definition) is 3. The van der Waals surface area contributed by atoms with Gasteiger partial charge in [0.15, 0.2) is 5.79 Å². The summed E-state index contributed by atoms with van der Waals surface area (Å²) >= 11 is 5.65. The van der Waals surface area contributed by atoms with E-state index in [2.05, 4.69) is 5.32 Å². The molecular weight excluding hydrogens is 323 g/mol. The summed E-state index contributed by atoms with van der Waals surface area (Å²) in [6.07, 6.45) is 1.84. The lowest BCUT2D eigenvalue weighted by molar-refractivity contribution is -0.189. The van der Waals surface area contributed by atoms with E-state index in [4.69, 9.17) is 21.1 Å². The molecule has 7 heteroatoms. The number of anilines is 1. The Kier molecular flexibility index (Phi) is 4.75. The number of halogens is 2. The smallest absolute Gasteiger partial charge is 0.321 e. The Morgan fingerprint density at radius 2 is 2.17 bits per heavy atom. The molecule has 2 saturated heterocycles. The van der Waals surface area contributed by atoms with Crippen LogP contribution in [-0.2, 0) is 9.47 Å². The Labute approximate surface area is 139 Å². The van der Waals surface area contributed by atoms with E-state index in [0.717, 1.165) is 12.8 Å².